The molecule has 52 heavy (non-hydrogen) atoms. The molecule has 5 rings (SSSR count). The zero-order chi connectivity index (χ0) is 38.4. The van der Waals surface area contributed by atoms with Gasteiger partial charge < -0.3 is 18.9 Å². The van der Waals surface area contributed by atoms with E-state index in [0.29, 0.717) is 10.5 Å². The minimum absolute atomic E-state index is 0.00962. The molecular weight excluding hydrogens is 751 g/mol. The number of methoxy groups -OCH3 is 2. The van der Waals surface area contributed by atoms with Crippen LogP contribution in [0.1, 0.15) is 46.5 Å². The van der Waals surface area contributed by atoms with Gasteiger partial charge in [-0.3, -0.25) is 10.1 Å². The van der Waals surface area contributed by atoms with Gasteiger partial charge in [-0.15, -0.1) is 0 Å². The maximum atomic E-state index is 14.3. The molecule has 2 N–H and O–H groups in total. The van der Waals surface area contributed by atoms with Crippen LogP contribution in [-0.2, 0) is 29.4 Å². The number of hydrogen-bond donors (Lipinski definition) is 2. The van der Waals surface area contributed by atoms with E-state index in [9.17, 15) is 35.6 Å². The number of ether oxygens (including phenoxy) is 4. The number of urea groups is 1. The predicted molar refractivity (Wildman–Crippen MR) is 183 cm³/mol. The van der Waals surface area contributed by atoms with Gasteiger partial charge in [-0.05, 0) is 63.3 Å². The molecule has 1 saturated heterocycles. The summed E-state index contributed by atoms with van der Waals surface area (Å²) >= 11 is 6.04. The summed E-state index contributed by atoms with van der Waals surface area (Å²) in [6.07, 6.45) is 4.09. The molecule has 2 aromatic heterocycles. The molecule has 21 heteroatoms. The monoisotopic (exact) mass is 784 g/mol. The van der Waals surface area contributed by atoms with Crippen LogP contribution in [0, 0.1) is 5.82 Å². The molecule has 1 aromatic carbocycles. The van der Waals surface area contributed by atoms with Gasteiger partial charge in [-0.25, -0.2) is 37.0 Å². The van der Waals surface area contributed by atoms with Crippen LogP contribution >= 0.6 is 11.6 Å². The lowest BCUT2D eigenvalue weighted by atomic mass is 10.2. The van der Waals surface area contributed by atoms with Gasteiger partial charge in [0.25, 0.3) is 10.0 Å². The molecular formula is C31H34ClFN6O11S2. The minimum Gasteiger partial charge on any atom is -0.489 e. The molecule has 1 aliphatic heterocycles. The van der Waals surface area contributed by atoms with Crippen molar-refractivity contribution in [3.8, 4) is 17.5 Å². The normalized spacial score (nSPS) is 14.7. The Labute approximate surface area is 303 Å². The Hall–Kier alpha value is -5.08. The number of sulfone groups is 1. The van der Waals surface area contributed by atoms with Crippen LogP contribution in [0.4, 0.5) is 25.6 Å². The van der Waals surface area contributed by atoms with Gasteiger partial charge in [0.05, 0.1) is 42.9 Å². The summed E-state index contributed by atoms with van der Waals surface area (Å²) in [6.45, 7) is 4.63. The first-order chi connectivity index (χ1) is 24.5. The van der Waals surface area contributed by atoms with E-state index in [1.54, 1.807) is 18.6 Å². The molecule has 2 fully saturated rings. The number of cyclic esters (lactones) is 1. The topological polar surface area (TPSA) is 222 Å². The largest absolute Gasteiger partial charge is 0.489 e. The van der Waals surface area contributed by atoms with Crippen LogP contribution in [0.15, 0.2) is 57.8 Å². The highest BCUT2D eigenvalue weighted by Crippen LogP contribution is 2.37. The Morgan fingerprint density at radius 2 is 1.69 bits per heavy atom. The molecule has 280 valence electrons. The number of sulfonamides is 1. The third-order valence-corrected chi connectivity index (χ3v) is 10.8. The lowest BCUT2D eigenvalue weighted by Crippen LogP contribution is -2.36. The van der Waals surface area contributed by atoms with Crippen LogP contribution in [0.5, 0.6) is 17.5 Å². The number of rotatable bonds is 10. The van der Waals surface area contributed by atoms with Crippen molar-refractivity contribution in [3.63, 3.8) is 0 Å². The van der Waals surface area contributed by atoms with E-state index in [1.807, 2.05) is 0 Å². The molecule has 3 aromatic rings. The van der Waals surface area contributed by atoms with Gasteiger partial charge in [-0.2, -0.15) is 18.4 Å². The summed E-state index contributed by atoms with van der Waals surface area (Å²) < 4.78 is 85.7. The summed E-state index contributed by atoms with van der Waals surface area (Å²) in [5.74, 6) is -1.85. The van der Waals surface area contributed by atoms with Crippen molar-refractivity contribution in [2.75, 3.05) is 30.2 Å². The van der Waals surface area contributed by atoms with Gasteiger partial charge >= 0.3 is 18.0 Å². The third kappa shape index (κ3) is 9.22. The maximum absolute atomic E-state index is 14.3. The average Bonchev–Trinajstić information content (AvgIpc) is 3.72. The van der Waals surface area contributed by atoms with E-state index in [1.165, 1.54) is 39.3 Å². The second-order valence-corrected chi connectivity index (χ2v) is 15.4. The fourth-order valence-corrected chi connectivity index (χ4v) is 7.53. The lowest BCUT2D eigenvalue weighted by Gasteiger charge is -2.18. The standard InChI is InChI=1S/C17H17ClFNO4.C14H17N5O7S2/c1-9(2)15-16(21)20(17(22)24-15)13-8-14(11(18)7-12(13)19)23-10-5-3-4-6-10;1-4-27(21,22)9-6-5-7-15-12(9)28(23,24)19-14(20)18-13-16-10(25-2)8-11(17-13)26-3/h7-8,10H,3-6H2,1-2H3;5-8H,4H2,1-3H3,(H2,16,17,18,19,20). The van der Waals surface area contributed by atoms with Crippen molar-refractivity contribution in [1.82, 2.24) is 19.7 Å². The van der Waals surface area contributed by atoms with Crippen molar-refractivity contribution in [1.29, 1.82) is 0 Å². The Bertz CT molecular complexity index is 2100. The highest BCUT2D eigenvalue weighted by atomic mass is 35.5. The first-order valence-electron chi connectivity index (χ1n) is 15.4. The van der Waals surface area contributed by atoms with Crippen molar-refractivity contribution in [2.24, 2.45) is 0 Å². The number of carbonyl (C=O) groups excluding carboxylic acids is 3. The van der Waals surface area contributed by atoms with Crippen molar-refractivity contribution >= 4 is 61.1 Å². The number of allylic oxidation sites excluding steroid dienone is 1. The van der Waals surface area contributed by atoms with Gasteiger partial charge in [0, 0.05) is 12.3 Å². The van der Waals surface area contributed by atoms with Crippen molar-refractivity contribution in [3.05, 3.63) is 58.7 Å². The molecule has 0 radical (unpaired) electrons. The number of anilines is 2. The van der Waals surface area contributed by atoms with Crippen molar-refractivity contribution < 1.29 is 54.6 Å². The number of nitrogens with zero attached hydrogens (tertiary/aromatic N) is 4. The zero-order valence-electron chi connectivity index (χ0n) is 28.4. The second-order valence-electron chi connectivity index (χ2n) is 11.1. The number of amides is 4. The number of hydrogen-bond acceptors (Lipinski definition) is 14. The summed E-state index contributed by atoms with van der Waals surface area (Å²) in [7, 11) is -5.85. The number of pyridine rings is 1. The first kappa shape index (κ1) is 39.7. The van der Waals surface area contributed by atoms with E-state index >= 15 is 0 Å². The van der Waals surface area contributed by atoms with Crippen LogP contribution in [0.2, 0.25) is 5.02 Å². The predicted octanol–water partition coefficient (Wildman–Crippen LogP) is 4.77. The highest BCUT2D eigenvalue weighted by molar-refractivity contribution is 7.93. The second kappa shape index (κ2) is 16.5. The molecule has 1 aliphatic carbocycles. The molecule has 4 amide bonds. The van der Waals surface area contributed by atoms with E-state index in [0.717, 1.165) is 44.0 Å². The molecule has 0 unspecified atom stereocenters. The van der Waals surface area contributed by atoms with Crippen molar-refractivity contribution in [2.45, 2.75) is 62.5 Å². The number of nitrogens with one attached hydrogen (secondary N) is 2. The van der Waals surface area contributed by atoms with Crippen LogP contribution in [-0.4, -0.2) is 75.9 Å². The van der Waals surface area contributed by atoms with E-state index in [2.05, 4.69) is 20.3 Å². The molecule has 17 nitrogen and oxygen atoms in total. The quantitative estimate of drug-likeness (QED) is 0.265. The van der Waals surface area contributed by atoms with Crippen LogP contribution < -0.4 is 29.1 Å². The number of imide groups is 1. The molecule has 0 atom stereocenters. The SMILES string of the molecule is CC(C)=C1OC(=O)N(c2cc(OC3CCCC3)c(Cl)cc2F)C1=O.CCS(=O)(=O)c1cccnc1S(=O)(=O)NC(=O)Nc1nc(OC)cc(OC)n1. The molecule has 0 spiro atoms. The van der Waals surface area contributed by atoms with E-state index < -0.39 is 53.6 Å². The Kier molecular flexibility index (Phi) is 12.6. The third-order valence-electron chi connectivity index (χ3n) is 7.32. The van der Waals surface area contributed by atoms with Crippen LogP contribution in [0.25, 0.3) is 0 Å². The maximum Gasteiger partial charge on any atom is 0.427 e. The smallest absolute Gasteiger partial charge is 0.427 e. The fourth-order valence-electron chi connectivity index (χ4n) is 4.79. The number of halogens is 2. The number of aromatic nitrogens is 3. The average molecular weight is 785 g/mol. The fraction of sp³-hybridized carbons (Fsp3) is 0.355. The van der Waals surface area contributed by atoms with Crippen LogP contribution in [0.3, 0.4) is 0 Å². The Morgan fingerprint density at radius 1 is 1.06 bits per heavy atom. The van der Waals surface area contributed by atoms with E-state index in [-0.39, 0.29) is 51.8 Å². The first-order valence-corrected chi connectivity index (χ1v) is 18.9. The van der Waals surface area contributed by atoms with Gasteiger partial charge in [-0.1, -0.05) is 18.5 Å². The summed E-state index contributed by atoms with van der Waals surface area (Å²) in [4.78, 5) is 47.8. The lowest BCUT2D eigenvalue weighted by molar-refractivity contribution is -0.114. The Morgan fingerprint density at radius 3 is 2.25 bits per heavy atom. The summed E-state index contributed by atoms with van der Waals surface area (Å²) in [5, 5.41) is 1.41. The van der Waals surface area contributed by atoms with E-state index in [4.69, 9.17) is 30.5 Å². The minimum atomic E-state index is -4.61. The molecule has 0 bridgehead atoms. The van der Waals surface area contributed by atoms with Gasteiger partial charge in [0.2, 0.25) is 17.7 Å². The number of carbonyl (C=O) groups is 3. The van der Waals surface area contributed by atoms with Gasteiger partial charge in [0.15, 0.2) is 20.6 Å². The highest BCUT2D eigenvalue weighted by Gasteiger charge is 2.40. The zero-order valence-corrected chi connectivity index (χ0v) is 30.8. The summed E-state index contributed by atoms with van der Waals surface area (Å²) in [6, 6.07) is 4.80. The number of benzene rings is 1. The van der Waals surface area contributed by atoms with Gasteiger partial charge in [0.1, 0.15) is 16.5 Å². The Balaban J connectivity index is 0.000000235. The molecule has 2 aliphatic rings. The summed E-state index contributed by atoms with van der Waals surface area (Å²) in [5.41, 5.74) is 0.311. The molecule has 1 saturated carbocycles. The molecule has 3 heterocycles.